The monoisotopic (exact) mass is 298 g/mol. The molecule has 1 aliphatic rings. The predicted octanol–water partition coefficient (Wildman–Crippen LogP) is 2.67. The Kier molecular flexibility index (Phi) is 7.14. The van der Waals surface area contributed by atoms with E-state index in [1.807, 2.05) is 0 Å². The van der Waals surface area contributed by atoms with Gasteiger partial charge in [0.15, 0.2) is 0 Å². The molecule has 1 fully saturated rings. The third kappa shape index (κ3) is 4.96. The lowest BCUT2D eigenvalue weighted by atomic mass is 9.96. The lowest BCUT2D eigenvalue weighted by Gasteiger charge is -2.34. The average Bonchev–Trinajstić information content (AvgIpc) is 2.82. The Hall–Kier alpha value is -0.610. The van der Waals surface area contributed by atoms with Crippen molar-refractivity contribution in [3.8, 4) is 0 Å². The van der Waals surface area contributed by atoms with Gasteiger partial charge in [-0.1, -0.05) is 34.6 Å². The van der Waals surface area contributed by atoms with Crippen molar-refractivity contribution in [2.75, 3.05) is 26.7 Å². The van der Waals surface area contributed by atoms with Gasteiger partial charge in [-0.15, -0.1) is 0 Å². The number of rotatable bonds is 8. The van der Waals surface area contributed by atoms with Crippen LogP contribution in [0.5, 0.6) is 0 Å². The number of hydrogen-bond donors (Lipinski definition) is 1. The van der Waals surface area contributed by atoms with Crippen LogP contribution in [-0.4, -0.2) is 49.2 Å². The summed E-state index contributed by atoms with van der Waals surface area (Å²) < 4.78 is 5.06. The van der Waals surface area contributed by atoms with Gasteiger partial charge in [0.05, 0.1) is 7.11 Å². The van der Waals surface area contributed by atoms with E-state index in [0.717, 1.165) is 38.9 Å². The molecule has 4 heteroatoms. The first-order chi connectivity index (χ1) is 9.84. The summed E-state index contributed by atoms with van der Waals surface area (Å²) in [4.78, 5) is 14.8. The van der Waals surface area contributed by atoms with E-state index in [2.05, 4.69) is 44.8 Å². The summed E-state index contributed by atoms with van der Waals surface area (Å²) in [6, 6.07) is 0.480. The Bertz CT molecular complexity index is 321. The van der Waals surface area contributed by atoms with Crippen LogP contribution in [0.2, 0.25) is 0 Å². The highest BCUT2D eigenvalue weighted by molar-refractivity contribution is 5.81. The standard InChI is InChI=1S/C17H34N2O2/c1-7-18-17(16(20)21-6)9-8-15(10-17)19(11-13(2)3)12-14(4)5/h13-15,18H,7-12H2,1-6H3. The van der Waals surface area contributed by atoms with Crippen LogP contribution in [0.4, 0.5) is 0 Å². The average molecular weight is 298 g/mol. The van der Waals surface area contributed by atoms with E-state index < -0.39 is 5.54 Å². The molecule has 2 atom stereocenters. The zero-order chi connectivity index (χ0) is 16.0. The Morgan fingerprint density at radius 1 is 1.29 bits per heavy atom. The van der Waals surface area contributed by atoms with Crippen molar-refractivity contribution >= 4 is 5.97 Å². The van der Waals surface area contributed by atoms with Gasteiger partial charge in [0, 0.05) is 19.1 Å². The van der Waals surface area contributed by atoms with Crippen LogP contribution in [0.25, 0.3) is 0 Å². The summed E-state index contributed by atoms with van der Waals surface area (Å²) in [5.41, 5.74) is -0.472. The van der Waals surface area contributed by atoms with Crippen molar-refractivity contribution in [3.05, 3.63) is 0 Å². The Morgan fingerprint density at radius 2 is 1.86 bits per heavy atom. The van der Waals surface area contributed by atoms with E-state index in [1.165, 1.54) is 7.11 Å². The first kappa shape index (κ1) is 18.4. The van der Waals surface area contributed by atoms with Crippen molar-refractivity contribution in [3.63, 3.8) is 0 Å². The highest BCUT2D eigenvalue weighted by atomic mass is 16.5. The lowest BCUT2D eigenvalue weighted by molar-refractivity contribution is -0.148. The Labute approximate surface area is 130 Å². The van der Waals surface area contributed by atoms with Gasteiger partial charge < -0.3 is 10.1 Å². The molecule has 1 saturated carbocycles. The third-order valence-electron chi connectivity index (χ3n) is 4.30. The molecule has 0 heterocycles. The summed E-state index contributed by atoms with van der Waals surface area (Å²) in [6.45, 7) is 14.1. The van der Waals surface area contributed by atoms with E-state index in [1.54, 1.807) is 0 Å². The van der Waals surface area contributed by atoms with Crippen LogP contribution in [0, 0.1) is 11.8 Å². The minimum atomic E-state index is -0.472. The highest BCUT2D eigenvalue weighted by Crippen LogP contribution is 2.34. The molecular weight excluding hydrogens is 264 g/mol. The molecule has 0 aromatic heterocycles. The van der Waals surface area contributed by atoms with E-state index in [-0.39, 0.29) is 5.97 Å². The quantitative estimate of drug-likeness (QED) is 0.700. The molecule has 0 spiro atoms. The molecule has 0 aromatic carbocycles. The molecule has 0 amide bonds. The maximum Gasteiger partial charge on any atom is 0.326 e. The summed E-state index contributed by atoms with van der Waals surface area (Å²) in [6.07, 6.45) is 2.82. The summed E-state index contributed by atoms with van der Waals surface area (Å²) in [5, 5.41) is 3.40. The molecule has 4 nitrogen and oxygen atoms in total. The second kappa shape index (κ2) is 8.14. The molecule has 1 aliphatic carbocycles. The minimum Gasteiger partial charge on any atom is -0.468 e. The highest BCUT2D eigenvalue weighted by Gasteiger charge is 2.47. The van der Waals surface area contributed by atoms with Gasteiger partial charge in [0.25, 0.3) is 0 Å². The van der Waals surface area contributed by atoms with Gasteiger partial charge in [-0.2, -0.15) is 0 Å². The SMILES string of the molecule is CCNC1(C(=O)OC)CCC(N(CC(C)C)CC(C)C)C1. The second-order valence-electron chi connectivity index (χ2n) is 7.24. The fraction of sp³-hybridized carbons (Fsp3) is 0.941. The van der Waals surface area contributed by atoms with E-state index in [9.17, 15) is 4.79 Å². The topological polar surface area (TPSA) is 41.6 Å². The molecule has 2 unspecified atom stereocenters. The number of carbonyl (C=O) groups is 1. The van der Waals surface area contributed by atoms with Crippen LogP contribution in [0.3, 0.4) is 0 Å². The van der Waals surface area contributed by atoms with Crippen LogP contribution in [0.1, 0.15) is 53.9 Å². The molecule has 0 bridgehead atoms. The van der Waals surface area contributed by atoms with Crippen molar-refractivity contribution < 1.29 is 9.53 Å². The molecule has 0 aliphatic heterocycles. The van der Waals surface area contributed by atoms with Crippen LogP contribution >= 0.6 is 0 Å². The van der Waals surface area contributed by atoms with Crippen molar-refractivity contribution in [1.82, 2.24) is 10.2 Å². The van der Waals surface area contributed by atoms with Crippen LogP contribution < -0.4 is 5.32 Å². The van der Waals surface area contributed by atoms with Gasteiger partial charge in [-0.25, -0.2) is 0 Å². The van der Waals surface area contributed by atoms with Gasteiger partial charge in [0.2, 0.25) is 0 Å². The predicted molar refractivity (Wildman–Crippen MR) is 87.3 cm³/mol. The molecule has 124 valence electrons. The number of nitrogens with one attached hydrogen (secondary N) is 1. The smallest absolute Gasteiger partial charge is 0.326 e. The zero-order valence-corrected chi connectivity index (χ0v) is 14.7. The largest absolute Gasteiger partial charge is 0.468 e. The minimum absolute atomic E-state index is 0.0964. The normalized spacial score (nSPS) is 26.0. The number of nitrogens with zero attached hydrogens (tertiary/aromatic N) is 1. The summed E-state index contributed by atoms with van der Waals surface area (Å²) in [7, 11) is 1.49. The lowest BCUT2D eigenvalue weighted by Crippen LogP contribution is -2.52. The van der Waals surface area contributed by atoms with Crippen LogP contribution in [-0.2, 0) is 9.53 Å². The molecule has 0 saturated heterocycles. The van der Waals surface area contributed by atoms with Crippen LogP contribution in [0.15, 0.2) is 0 Å². The van der Waals surface area contributed by atoms with Crippen molar-refractivity contribution in [2.45, 2.75) is 65.5 Å². The molecule has 1 rings (SSSR count). The zero-order valence-electron chi connectivity index (χ0n) is 14.7. The van der Waals surface area contributed by atoms with Gasteiger partial charge in [0.1, 0.15) is 5.54 Å². The molecule has 0 radical (unpaired) electrons. The van der Waals surface area contributed by atoms with Gasteiger partial charge >= 0.3 is 5.97 Å². The van der Waals surface area contributed by atoms with Gasteiger partial charge in [-0.05, 0) is 37.6 Å². The fourth-order valence-corrected chi connectivity index (χ4v) is 3.59. The second-order valence-corrected chi connectivity index (χ2v) is 7.24. The Balaban J connectivity index is 2.81. The fourth-order valence-electron chi connectivity index (χ4n) is 3.59. The molecule has 21 heavy (non-hydrogen) atoms. The summed E-state index contributed by atoms with van der Waals surface area (Å²) >= 11 is 0. The van der Waals surface area contributed by atoms with E-state index in [4.69, 9.17) is 4.74 Å². The van der Waals surface area contributed by atoms with E-state index >= 15 is 0 Å². The van der Waals surface area contributed by atoms with Gasteiger partial charge in [-0.3, -0.25) is 9.69 Å². The first-order valence-corrected chi connectivity index (χ1v) is 8.42. The maximum atomic E-state index is 12.2. The maximum absolute atomic E-state index is 12.2. The number of likely N-dealkylation sites (N-methyl/N-ethyl adjacent to an activating group) is 1. The van der Waals surface area contributed by atoms with Crippen molar-refractivity contribution in [1.29, 1.82) is 0 Å². The number of carbonyl (C=O) groups excluding carboxylic acids is 1. The number of methoxy groups -OCH3 is 1. The van der Waals surface area contributed by atoms with E-state index in [0.29, 0.717) is 17.9 Å². The molecular formula is C17H34N2O2. The Morgan fingerprint density at radius 3 is 2.29 bits per heavy atom. The number of esters is 1. The number of ether oxygens (including phenoxy) is 1. The number of hydrogen-bond acceptors (Lipinski definition) is 4. The van der Waals surface area contributed by atoms with Crippen molar-refractivity contribution in [2.24, 2.45) is 11.8 Å². The first-order valence-electron chi connectivity index (χ1n) is 8.42. The molecule has 0 aromatic rings. The summed E-state index contributed by atoms with van der Waals surface area (Å²) in [5.74, 6) is 1.20. The third-order valence-corrected chi connectivity index (χ3v) is 4.30. The molecule has 1 N–H and O–H groups in total.